The summed E-state index contributed by atoms with van der Waals surface area (Å²) in [6.45, 7) is 1.80. The zero-order chi connectivity index (χ0) is 13.9. The lowest BCUT2D eigenvalue weighted by Crippen LogP contribution is -2.16. The van der Waals surface area contributed by atoms with Gasteiger partial charge < -0.3 is 0 Å². The van der Waals surface area contributed by atoms with Gasteiger partial charge in [-0.3, -0.25) is 10.7 Å². The average Bonchev–Trinajstić information content (AvgIpc) is 2.89. The highest BCUT2D eigenvalue weighted by Crippen LogP contribution is 2.21. The van der Waals surface area contributed by atoms with Crippen LogP contribution in [0.1, 0.15) is 13.3 Å². The Labute approximate surface area is 111 Å². The molecule has 1 heterocycles. The molecule has 0 unspecified atom stereocenters. The predicted octanol–water partition coefficient (Wildman–Crippen LogP) is 1.94. The quantitative estimate of drug-likeness (QED) is 0.818. The van der Waals surface area contributed by atoms with E-state index in [4.69, 9.17) is 5.21 Å². The normalized spacial score (nSPS) is 11.5. The van der Waals surface area contributed by atoms with Crippen molar-refractivity contribution in [3.8, 4) is 11.3 Å². The number of hydrogen-bond donors (Lipinski definition) is 2. The zero-order valence-electron chi connectivity index (χ0n) is 10.4. The first-order valence-electron chi connectivity index (χ1n) is 5.86. The molecule has 0 amide bonds. The molecule has 0 aliphatic carbocycles. The fraction of sp³-hybridized carbons (Fsp3) is 0.250. The Morgan fingerprint density at radius 1 is 1.37 bits per heavy atom. The molecule has 0 saturated carbocycles. The molecule has 0 radical (unpaired) electrons. The van der Waals surface area contributed by atoms with Crippen molar-refractivity contribution < 1.29 is 13.6 Å². The largest absolute Gasteiger partial charge is 0.291 e. The lowest BCUT2D eigenvalue weighted by Gasteiger charge is -2.03. The highest BCUT2D eigenvalue weighted by molar-refractivity contribution is 7.89. The molecule has 2 N–H and O–H groups in total. The molecule has 102 valence electrons. The highest BCUT2D eigenvalue weighted by Gasteiger charge is 2.14. The van der Waals surface area contributed by atoms with E-state index < -0.39 is 10.0 Å². The van der Waals surface area contributed by atoms with Crippen molar-refractivity contribution in [2.75, 3.05) is 11.2 Å². The van der Waals surface area contributed by atoms with Gasteiger partial charge in [0.05, 0.1) is 17.1 Å². The van der Waals surface area contributed by atoms with Gasteiger partial charge in [0, 0.05) is 11.8 Å². The molecular formula is C12H15N3O3S. The number of aromatic nitrogens is 2. The maximum atomic E-state index is 11.8. The minimum Gasteiger partial charge on any atom is -0.291 e. The summed E-state index contributed by atoms with van der Waals surface area (Å²) in [4.78, 5) is 0. The summed E-state index contributed by atoms with van der Waals surface area (Å²) >= 11 is 0. The summed E-state index contributed by atoms with van der Waals surface area (Å²) in [6, 6.07) is 8.53. The zero-order valence-corrected chi connectivity index (χ0v) is 11.3. The molecule has 1 aromatic carbocycles. The lowest BCUT2D eigenvalue weighted by atomic mass is 10.1. The molecule has 0 fully saturated rings. The summed E-state index contributed by atoms with van der Waals surface area (Å²) in [5.41, 5.74) is 3.82. The molecule has 2 rings (SSSR count). The van der Waals surface area contributed by atoms with Gasteiger partial charge >= 0.3 is 0 Å². The number of hydrogen-bond acceptors (Lipinski definition) is 5. The summed E-state index contributed by atoms with van der Waals surface area (Å²) in [5.74, 6) is 0.0619. The van der Waals surface area contributed by atoms with Crippen molar-refractivity contribution >= 4 is 15.7 Å². The number of anilines is 1. The third-order valence-electron chi connectivity index (χ3n) is 2.60. The molecule has 6 nitrogen and oxygen atoms in total. The van der Waals surface area contributed by atoms with Crippen LogP contribution in [0.2, 0.25) is 0 Å². The number of rotatable bonds is 5. The fourth-order valence-electron chi connectivity index (χ4n) is 1.72. The maximum Gasteiger partial charge on any atom is 0.253 e. The van der Waals surface area contributed by atoms with E-state index in [1.54, 1.807) is 37.3 Å². The van der Waals surface area contributed by atoms with Crippen LogP contribution in [0.15, 0.2) is 36.5 Å². The first-order valence-corrected chi connectivity index (χ1v) is 7.47. The number of nitrogens with zero attached hydrogens (tertiary/aromatic N) is 2. The second-order valence-corrected chi connectivity index (χ2v) is 6.03. The van der Waals surface area contributed by atoms with Crippen LogP contribution >= 0.6 is 0 Å². The van der Waals surface area contributed by atoms with Gasteiger partial charge in [0.1, 0.15) is 0 Å². The summed E-state index contributed by atoms with van der Waals surface area (Å²) in [5, 5.41) is 12.9. The van der Waals surface area contributed by atoms with Crippen LogP contribution in [-0.2, 0) is 10.0 Å². The van der Waals surface area contributed by atoms with E-state index in [1.165, 1.54) is 6.20 Å². The molecule has 0 spiro atoms. The summed E-state index contributed by atoms with van der Waals surface area (Å²) in [7, 11) is -3.37. The van der Waals surface area contributed by atoms with E-state index in [0.717, 1.165) is 9.65 Å². The second-order valence-electron chi connectivity index (χ2n) is 4.08. The monoisotopic (exact) mass is 281 g/mol. The van der Waals surface area contributed by atoms with E-state index in [0.29, 0.717) is 17.8 Å². The van der Waals surface area contributed by atoms with Gasteiger partial charge in [-0.25, -0.2) is 8.42 Å². The minimum atomic E-state index is -3.37. The lowest BCUT2D eigenvalue weighted by molar-refractivity contribution is 0.389. The molecule has 7 heteroatoms. The first kappa shape index (κ1) is 13.6. The van der Waals surface area contributed by atoms with Crippen LogP contribution in [0.4, 0.5) is 5.69 Å². The van der Waals surface area contributed by atoms with Crippen LogP contribution in [0.3, 0.4) is 0 Å². The van der Waals surface area contributed by atoms with Crippen molar-refractivity contribution in [2.45, 2.75) is 13.3 Å². The van der Waals surface area contributed by atoms with Crippen molar-refractivity contribution in [1.29, 1.82) is 0 Å². The Morgan fingerprint density at radius 2 is 2.16 bits per heavy atom. The molecular weight excluding hydrogens is 266 g/mol. The second kappa shape index (κ2) is 5.41. The van der Waals surface area contributed by atoms with Crippen molar-refractivity contribution in [3.05, 3.63) is 36.5 Å². The van der Waals surface area contributed by atoms with E-state index >= 15 is 0 Å². The van der Waals surface area contributed by atoms with Crippen molar-refractivity contribution in [2.24, 2.45) is 0 Å². The Bertz CT molecular complexity index is 664. The molecule has 0 saturated heterocycles. The van der Waals surface area contributed by atoms with Crippen molar-refractivity contribution in [3.63, 3.8) is 0 Å². The van der Waals surface area contributed by atoms with Crippen LogP contribution < -0.4 is 5.48 Å². The molecule has 19 heavy (non-hydrogen) atoms. The molecule has 1 aromatic heterocycles. The Morgan fingerprint density at radius 3 is 2.84 bits per heavy atom. The van der Waals surface area contributed by atoms with Gasteiger partial charge in [-0.15, -0.1) is 0 Å². The van der Waals surface area contributed by atoms with Gasteiger partial charge in [-0.1, -0.05) is 19.1 Å². The predicted molar refractivity (Wildman–Crippen MR) is 72.5 cm³/mol. The Balaban J connectivity index is 2.35. The fourth-order valence-corrected chi connectivity index (χ4v) is 2.88. The van der Waals surface area contributed by atoms with Gasteiger partial charge in [-0.05, 0) is 24.6 Å². The van der Waals surface area contributed by atoms with Gasteiger partial charge in [0.25, 0.3) is 10.0 Å². The van der Waals surface area contributed by atoms with Crippen molar-refractivity contribution in [1.82, 2.24) is 9.19 Å². The van der Waals surface area contributed by atoms with E-state index in [2.05, 4.69) is 5.10 Å². The van der Waals surface area contributed by atoms with Crippen LogP contribution in [0.25, 0.3) is 11.3 Å². The smallest absolute Gasteiger partial charge is 0.253 e. The average molecular weight is 281 g/mol. The van der Waals surface area contributed by atoms with E-state index in [1.807, 2.05) is 5.48 Å². The number of nitrogens with one attached hydrogen (secondary N) is 1. The van der Waals surface area contributed by atoms with Crippen LogP contribution in [0, 0.1) is 0 Å². The van der Waals surface area contributed by atoms with Gasteiger partial charge in [0.2, 0.25) is 0 Å². The number of benzene rings is 1. The van der Waals surface area contributed by atoms with E-state index in [-0.39, 0.29) is 5.75 Å². The van der Waals surface area contributed by atoms with Crippen LogP contribution in [-0.4, -0.2) is 28.6 Å². The maximum absolute atomic E-state index is 11.8. The Hall–Kier alpha value is -1.86. The Kier molecular flexibility index (Phi) is 3.87. The SMILES string of the molecule is CCCS(=O)(=O)n1ccc(-c2cccc(NO)c2)n1. The van der Waals surface area contributed by atoms with Gasteiger partial charge in [0.15, 0.2) is 0 Å². The first-order chi connectivity index (χ1) is 9.06. The molecule has 0 aliphatic heterocycles. The standard InChI is InChI=1S/C12H15N3O3S/c1-2-8-19(17,18)15-7-6-12(13-15)10-4-3-5-11(9-10)14-16/h3-7,9,14,16H,2,8H2,1H3. The molecule has 0 aliphatic rings. The minimum absolute atomic E-state index is 0.0619. The molecule has 0 atom stereocenters. The summed E-state index contributed by atoms with van der Waals surface area (Å²) in [6.07, 6.45) is 1.97. The third kappa shape index (κ3) is 2.94. The topological polar surface area (TPSA) is 84.2 Å². The molecule has 2 aromatic rings. The third-order valence-corrected chi connectivity index (χ3v) is 4.30. The summed E-state index contributed by atoms with van der Waals surface area (Å²) < 4.78 is 24.7. The van der Waals surface area contributed by atoms with Crippen LogP contribution in [0.5, 0.6) is 0 Å². The molecule has 0 bridgehead atoms. The highest BCUT2D eigenvalue weighted by atomic mass is 32.2. The van der Waals surface area contributed by atoms with Gasteiger partial charge in [-0.2, -0.15) is 9.19 Å². The van der Waals surface area contributed by atoms with E-state index in [9.17, 15) is 8.42 Å².